The van der Waals surface area contributed by atoms with Crippen molar-refractivity contribution in [2.24, 2.45) is 7.05 Å². The maximum absolute atomic E-state index is 5.41. The lowest BCUT2D eigenvalue weighted by molar-refractivity contribution is 0.0203. The lowest BCUT2D eigenvalue weighted by Crippen LogP contribution is -2.46. The summed E-state index contributed by atoms with van der Waals surface area (Å²) in [6, 6.07) is 0.536. The molecule has 0 bridgehead atoms. The van der Waals surface area contributed by atoms with Gasteiger partial charge < -0.3 is 15.0 Å². The second-order valence-corrected chi connectivity index (χ2v) is 6.03. The number of anilines is 1. The molecule has 2 rings (SSSR count). The van der Waals surface area contributed by atoms with Crippen LogP contribution in [0.4, 0.5) is 5.82 Å². The summed E-state index contributed by atoms with van der Waals surface area (Å²) < 4.78 is 7.36. The Hall–Kier alpha value is -1.11. The molecule has 0 radical (unpaired) electrons. The molecule has 1 N–H and O–H groups in total. The minimum atomic E-state index is 0.536. The molecule has 0 aliphatic carbocycles. The summed E-state index contributed by atoms with van der Waals surface area (Å²) in [6.45, 7) is 10.0. The zero-order valence-electron chi connectivity index (χ0n) is 14.0. The SMILES string of the molecule is Cc1nn(C)c(N(C)C)c1CNC[C@H](C)N1CCOCC1. The molecule has 0 spiro atoms. The quantitative estimate of drug-likeness (QED) is 0.833. The van der Waals surface area contributed by atoms with Crippen LogP contribution in [-0.2, 0) is 18.3 Å². The van der Waals surface area contributed by atoms with Gasteiger partial charge in [-0.3, -0.25) is 9.58 Å². The number of aromatic nitrogens is 2. The third-order valence-electron chi connectivity index (χ3n) is 4.15. The number of hydrogen-bond donors (Lipinski definition) is 1. The van der Waals surface area contributed by atoms with Crippen LogP contribution in [0.15, 0.2) is 0 Å². The average molecular weight is 295 g/mol. The summed E-state index contributed by atoms with van der Waals surface area (Å²) in [4.78, 5) is 4.61. The molecule has 0 unspecified atom stereocenters. The Balaban J connectivity index is 1.88. The Morgan fingerprint density at radius 3 is 2.62 bits per heavy atom. The van der Waals surface area contributed by atoms with E-state index in [0.29, 0.717) is 6.04 Å². The highest BCUT2D eigenvalue weighted by atomic mass is 16.5. The predicted octanol–water partition coefficient (Wildman–Crippen LogP) is 0.605. The maximum atomic E-state index is 5.41. The zero-order valence-corrected chi connectivity index (χ0v) is 14.0. The van der Waals surface area contributed by atoms with Gasteiger partial charge >= 0.3 is 0 Å². The fourth-order valence-corrected chi connectivity index (χ4v) is 3.01. The first-order chi connectivity index (χ1) is 10.0. The van der Waals surface area contributed by atoms with Gasteiger partial charge in [0.2, 0.25) is 0 Å². The van der Waals surface area contributed by atoms with Gasteiger partial charge in [0.15, 0.2) is 0 Å². The van der Waals surface area contributed by atoms with Crippen molar-refractivity contribution in [2.75, 3.05) is 51.8 Å². The highest BCUT2D eigenvalue weighted by Crippen LogP contribution is 2.20. The second kappa shape index (κ2) is 7.24. The Labute approximate surface area is 128 Å². The van der Waals surface area contributed by atoms with Crippen LogP contribution in [0, 0.1) is 6.92 Å². The van der Waals surface area contributed by atoms with Gasteiger partial charge in [-0.05, 0) is 13.8 Å². The number of nitrogens with one attached hydrogen (secondary N) is 1. The van der Waals surface area contributed by atoms with Crippen molar-refractivity contribution >= 4 is 5.82 Å². The van der Waals surface area contributed by atoms with Gasteiger partial charge in [0.05, 0.1) is 18.9 Å². The fraction of sp³-hybridized carbons (Fsp3) is 0.800. The van der Waals surface area contributed by atoms with Gasteiger partial charge in [-0.25, -0.2) is 0 Å². The smallest absolute Gasteiger partial charge is 0.130 e. The first-order valence-corrected chi connectivity index (χ1v) is 7.73. The maximum Gasteiger partial charge on any atom is 0.130 e. The Morgan fingerprint density at radius 2 is 2.00 bits per heavy atom. The van der Waals surface area contributed by atoms with E-state index < -0.39 is 0 Å². The lowest BCUT2D eigenvalue weighted by atomic mass is 10.2. The molecule has 120 valence electrons. The Bertz CT molecular complexity index is 451. The van der Waals surface area contributed by atoms with Crippen LogP contribution >= 0.6 is 0 Å². The number of ether oxygens (including phenoxy) is 1. The van der Waals surface area contributed by atoms with Crippen molar-refractivity contribution in [3.8, 4) is 0 Å². The molecule has 1 aliphatic rings. The summed E-state index contributed by atoms with van der Waals surface area (Å²) in [5.74, 6) is 1.18. The normalized spacial score (nSPS) is 18.0. The predicted molar refractivity (Wildman–Crippen MR) is 85.8 cm³/mol. The number of morpholine rings is 1. The van der Waals surface area contributed by atoms with Crippen LogP contribution in [0.5, 0.6) is 0 Å². The van der Waals surface area contributed by atoms with E-state index in [1.54, 1.807) is 0 Å². The van der Waals surface area contributed by atoms with Crippen molar-refractivity contribution in [3.05, 3.63) is 11.3 Å². The molecule has 1 aromatic rings. The summed E-state index contributed by atoms with van der Waals surface area (Å²) in [7, 11) is 6.13. The monoisotopic (exact) mass is 295 g/mol. The van der Waals surface area contributed by atoms with Crippen molar-refractivity contribution in [1.82, 2.24) is 20.0 Å². The van der Waals surface area contributed by atoms with Gasteiger partial charge in [0.25, 0.3) is 0 Å². The highest BCUT2D eigenvalue weighted by molar-refractivity contribution is 5.48. The fourth-order valence-electron chi connectivity index (χ4n) is 3.01. The molecule has 1 atom stereocenters. The lowest BCUT2D eigenvalue weighted by Gasteiger charge is -2.32. The van der Waals surface area contributed by atoms with E-state index in [9.17, 15) is 0 Å². The van der Waals surface area contributed by atoms with E-state index >= 15 is 0 Å². The van der Waals surface area contributed by atoms with Gasteiger partial charge in [0.1, 0.15) is 5.82 Å². The molecule has 6 nitrogen and oxygen atoms in total. The second-order valence-electron chi connectivity index (χ2n) is 6.03. The van der Waals surface area contributed by atoms with Crippen LogP contribution in [0.25, 0.3) is 0 Å². The number of nitrogens with zero attached hydrogens (tertiary/aromatic N) is 4. The van der Waals surface area contributed by atoms with E-state index in [4.69, 9.17) is 4.74 Å². The molecular formula is C15H29N5O. The van der Waals surface area contributed by atoms with Crippen molar-refractivity contribution in [1.29, 1.82) is 0 Å². The van der Waals surface area contributed by atoms with E-state index in [1.165, 1.54) is 11.4 Å². The number of rotatable bonds is 6. The van der Waals surface area contributed by atoms with E-state index in [1.807, 2.05) is 11.7 Å². The molecule has 2 heterocycles. The zero-order chi connectivity index (χ0) is 15.4. The van der Waals surface area contributed by atoms with E-state index in [2.05, 4.69) is 48.2 Å². The van der Waals surface area contributed by atoms with Gasteiger partial charge in [-0.1, -0.05) is 0 Å². The molecule has 1 saturated heterocycles. The molecule has 1 aromatic heterocycles. The summed E-state index contributed by atoms with van der Waals surface area (Å²) >= 11 is 0. The number of aryl methyl sites for hydroxylation is 2. The first kappa shape index (κ1) is 16.3. The van der Waals surface area contributed by atoms with E-state index in [-0.39, 0.29) is 0 Å². The molecule has 21 heavy (non-hydrogen) atoms. The minimum Gasteiger partial charge on any atom is -0.379 e. The van der Waals surface area contributed by atoms with Gasteiger partial charge in [-0.2, -0.15) is 5.10 Å². The van der Waals surface area contributed by atoms with Crippen LogP contribution < -0.4 is 10.2 Å². The Morgan fingerprint density at radius 1 is 1.33 bits per heavy atom. The van der Waals surface area contributed by atoms with Crippen LogP contribution in [0.1, 0.15) is 18.2 Å². The molecule has 0 saturated carbocycles. The third-order valence-corrected chi connectivity index (χ3v) is 4.15. The van der Waals surface area contributed by atoms with E-state index in [0.717, 1.165) is 45.1 Å². The van der Waals surface area contributed by atoms with Crippen LogP contribution in [-0.4, -0.2) is 67.7 Å². The Kier molecular flexibility index (Phi) is 5.61. The molecule has 6 heteroatoms. The summed E-state index contributed by atoms with van der Waals surface area (Å²) in [6.07, 6.45) is 0. The largest absolute Gasteiger partial charge is 0.379 e. The average Bonchev–Trinajstić information content (AvgIpc) is 2.74. The highest BCUT2D eigenvalue weighted by Gasteiger charge is 2.18. The number of hydrogen-bond acceptors (Lipinski definition) is 5. The minimum absolute atomic E-state index is 0.536. The van der Waals surface area contributed by atoms with Gasteiger partial charge in [-0.15, -0.1) is 0 Å². The van der Waals surface area contributed by atoms with Crippen molar-refractivity contribution in [2.45, 2.75) is 26.4 Å². The van der Waals surface area contributed by atoms with Crippen LogP contribution in [0.2, 0.25) is 0 Å². The topological polar surface area (TPSA) is 45.6 Å². The molecule has 0 amide bonds. The molecule has 1 aliphatic heterocycles. The molecule has 0 aromatic carbocycles. The molecular weight excluding hydrogens is 266 g/mol. The first-order valence-electron chi connectivity index (χ1n) is 7.73. The van der Waals surface area contributed by atoms with Gasteiger partial charge in [0, 0.05) is 58.9 Å². The third kappa shape index (κ3) is 3.96. The summed E-state index contributed by atoms with van der Waals surface area (Å²) in [5, 5.41) is 8.11. The van der Waals surface area contributed by atoms with Crippen molar-refractivity contribution < 1.29 is 4.74 Å². The standard InChI is InChI=1S/C15H29N5O/c1-12(20-6-8-21-9-7-20)10-16-11-14-13(2)17-19(5)15(14)18(3)4/h12,16H,6-11H2,1-5H3/t12-/m0/s1. The molecule has 1 fully saturated rings. The van der Waals surface area contributed by atoms with Crippen molar-refractivity contribution in [3.63, 3.8) is 0 Å². The van der Waals surface area contributed by atoms with Crippen LogP contribution in [0.3, 0.4) is 0 Å². The summed E-state index contributed by atoms with van der Waals surface area (Å²) in [5.41, 5.74) is 2.39.